The zero-order valence-corrected chi connectivity index (χ0v) is 9.51. The Kier molecular flexibility index (Phi) is 68.8. The molecule has 0 aliphatic heterocycles. The van der Waals surface area contributed by atoms with Gasteiger partial charge in [-0.1, -0.05) is 0 Å². The topological polar surface area (TPSA) is 0 Å². The van der Waals surface area contributed by atoms with Gasteiger partial charge in [0.2, 0.25) is 0 Å². The smallest absolute Gasteiger partial charge is 0 e. The molecule has 0 saturated carbocycles. The van der Waals surface area contributed by atoms with Crippen LogP contribution in [0.4, 0.5) is 0 Å². The minimum Gasteiger partial charge on any atom is 0 e. The van der Waals surface area contributed by atoms with Crippen molar-refractivity contribution in [1.82, 2.24) is 0 Å². The quantitative estimate of drug-likeness (QED) is 0.564. The van der Waals surface area contributed by atoms with E-state index < -0.39 is 0 Å². The maximum Gasteiger partial charge on any atom is 0 e. The third kappa shape index (κ3) is 8.82. The maximum atomic E-state index is 4.73. The minimum atomic E-state index is 0. The monoisotopic (exact) mass is 293 g/mol. The van der Waals surface area contributed by atoms with Crippen molar-refractivity contribution in [2.24, 2.45) is 0 Å². The molecule has 0 bridgehead atoms. The van der Waals surface area contributed by atoms with Crippen LogP contribution in [0, 0.1) is 0 Å². The third-order valence-electron chi connectivity index (χ3n) is 0. The first-order valence-corrected chi connectivity index (χ1v) is 3.80. The zero-order valence-electron chi connectivity index (χ0n) is 1.88. The van der Waals surface area contributed by atoms with E-state index >= 15 is 0 Å². The van der Waals surface area contributed by atoms with Crippen LogP contribution in [0.2, 0.25) is 0 Å². The Bertz CT molecular complexity index is 8.00. The third-order valence-corrected chi connectivity index (χ3v) is 0. The van der Waals surface area contributed by atoms with Crippen molar-refractivity contribution in [2.45, 2.75) is 0 Å². The fraction of sp³-hybridized carbons (Fsp3) is 0. The first-order valence-electron chi connectivity index (χ1n) is 0.189. The van der Waals surface area contributed by atoms with Crippen LogP contribution in [0.1, 0.15) is 0 Å². The Morgan fingerprint density at radius 3 is 1.25 bits per heavy atom. The van der Waals surface area contributed by atoms with E-state index in [-0.39, 0.29) is 47.9 Å². The van der Waals surface area contributed by atoms with Crippen molar-refractivity contribution in [3.05, 3.63) is 0 Å². The Labute approximate surface area is 76.9 Å². The van der Waals surface area contributed by atoms with Crippen molar-refractivity contribution in [3.8, 4) is 0 Å². The fourth-order valence-electron chi connectivity index (χ4n) is 0. The Hall–Kier alpha value is 2.69. The van der Waals surface area contributed by atoms with Gasteiger partial charge in [-0.3, -0.25) is 0 Å². The second kappa shape index (κ2) is 17.3. The van der Waals surface area contributed by atoms with Crippen LogP contribution in [0.5, 0.6) is 0 Å². The summed E-state index contributed by atoms with van der Waals surface area (Å²) in [6.45, 7) is 0. The van der Waals surface area contributed by atoms with Crippen molar-refractivity contribution >= 4 is 30.3 Å². The standard InChI is InChI=1S/ClH.Sn.Ti.Zr/h1H;;;/q;+1;;/p-1. The summed E-state index contributed by atoms with van der Waals surface area (Å²) < 4.78 is 0. The molecule has 0 heterocycles. The molecule has 0 aromatic rings. The molecule has 0 aromatic heterocycles. The molecule has 0 fully saturated rings. The molecule has 0 unspecified atom stereocenters. The molecule has 0 atom stereocenters. The van der Waals surface area contributed by atoms with Gasteiger partial charge in [-0.25, -0.2) is 0 Å². The molecule has 0 N–H and O–H groups in total. The first kappa shape index (κ1) is 15.9. The molecule has 0 aliphatic carbocycles. The zero-order chi connectivity index (χ0) is 2.00. The van der Waals surface area contributed by atoms with Crippen LogP contribution in [-0.2, 0) is 47.9 Å². The normalized spacial score (nSPS) is 1.50. The summed E-state index contributed by atoms with van der Waals surface area (Å²) >= 11 is 1.02. The molecule has 0 amide bonds. The van der Waals surface area contributed by atoms with Gasteiger partial charge >= 0.3 is 30.3 Å². The van der Waals surface area contributed by atoms with E-state index in [1.165, 1.54) is 0 Å². The van der Waals surface area contributed by atoms with E-state index in [2.05, 4.69) is 0 Å². The predicted molar refractivity (Wildman–Crippen MR) is 11.6 cm³/mol. The van der Waals surface area contributed by atoms with E-state index in [1.54, 1.807) is 0 Å². The van der Waals surface area contributed by atoms with Gasteiger partial charge in [0.1, 0.15) is 0 Å². The fourth-order valence-corrected chi connectivity index (χ4v) is 0. The van der Waals surface area contributed by atoms with Crippen LogP contribution in [0.3, 0.4) is 0 Å². The molecule has 4 heteroatoms. The summed E-state index contributed by atoms with van der Waals surface area (Å²) in [5.74, 6) is 0. The van der Waals surface area contributed by atoms with Crippen LogP contribution < -0.4 is 0 Å². The summed E-state index contributed by atoms with van der Waals surface area (Å²) in [4.78, 5) is 0. The van der Waals surface area contributed by atoms with Crippen molar-refractivity contribution in [2.75, 3.05) is 0 Å². The Balaban J connectivity index is -0.00000000500. The summed E-state index contributed by atoms with van der Waals surface area (Å²) in [7, 11) is 4.73. The number of hydrogen-bond acceptors (Lipinski definition) is 0. The van der Waals surface area contributed by atoms with Gasteiger partial charge < -0.3 is 0 Å². The molecule has 0 rings (SSSR count). The molecule has 3 radical (unpaired) electrons. The van der Waals surface area contributed by atoms with Crippen molar-refractivity contribution in [1.29, 1.82) is 0 Å². The average Bonchev–Trinajstić information content (AvgIpc) is 1.00. The Morgan fingerprint density at radius 2 is 1.25 bits per heavy atom. The van der Waals surface area contributed by atoms with Gasteiger partial charge in [-0.05, 0) is 0 Å². The molecule has 0 spiro atoms. The van der Waals surface area contributed by atoms with Crippen molar-refractivity contribution < 1.29 is 47.9 Å². The number of hydrogen-bond donors (Lipinski definition) is 0. The molecule has 19 valence electrons. The van der Waals surface area contributed by atoms with Crippen LogP contribution in [0.25, 0.3) is 0 Å². The predicted octanol–water partition coefficient (Wildman–Crippen LogP) is 0.304. The summed E-state index contributed by atoms with van der Waals surface area (Å²) in [6.07, 6.45) is 0. The summed E-state index contributed by atoms with van der Waals surface area (Å²) in [5.41, 5.74) is 0. The van der Waals surface area contributed by atoms with E-state index in [9.17, 15) is 0 Å². The first-order chi connectivity index (χ1) is 1.00. The largest absolute Gasteiger partial charge is 0 e. The number of halogens is 1. The van der Waals surface area contributed by atoms with E-state index in [1.807, 2.05) is 0 Å². The molecular formula is ClSnTiZr. The second-order valence-electron chi connectivity index (χ2n) is 0. The summed E-state index contributed by atoms with van der Waals surface area (Å²) in [6, 6.07) is 0. The second-order valence-corrected chi connectivity index (χ2v) is 0. The molecular weight excluding hydrogens is 293 g/mol. The maximum absolute atomic E-state index is 4.73. The Morgan fingerprint density at radius 1 is 1.25 bits per heavy atom. The van der Waals surface area contributed by atoms with Gasteiger partial charge in [0.05, 0.1) is 0 Å². The van der Waals surface area contributed by atoms with E-state index in [0.717, 1.165) is 21.4 Å². The van der Waals surface area contributed by atoms with Gasteiger partial charge in [0.25, 0.3) is 0 Å². The SMILES string of the molecule is [Cl][Sn].[Ti].[Zr]. The summed E-state index contributed by atoms with van der Waals surface area (Å²) in [5, 5.41) is 0. The molecule has 0 nitrogen and oxygen atoms in total. The van der Waals surface area contributed by atoms with Crippen LogP contribution >= 0.6 is 8.92 Å². The van der Waals surface area contributed by atoms with Crippen molar-refractivity contribution in [3.63, 3.8) is 0 Å². The van der Waals surface area contributed by atoms with Crippen LogP contribution in [0.15, 0.2) is 0 Å². The van der Waals surface area contributed by atoms with E-state index in [0.29, 0.717) is 0 Å². The number of rotatable bonds is 0. The van der Waals surface area contributed by atoms with Gasteiger partial charge in [0, 0.05) is 47.9 Å². The molecule has 0 saturated heterocycles. The molecule has 0 aromatic carbocycles. The van der Waals surface area contributed by atoms with Gasteiger partial charge in [-0.15, -0.1) is 0 Å². The van der Waals surface area contributed by atoms with Gasteiger partial charge in [-0.2, -0.15) is 0 Å². The minimum absolute atomic E-state index is 0. The molecule has 4 heavy (non-hydrogen) atoms. The molecule has 0 aliphatic rings. The van der Waals surface area contributed by atoms with Gasteiger partial charge in [0.15, 0.2) is 0 Å². The average molecular weight is 293 g/mol. The van der Waals surface area contributed by atoms with Crippen LogP contribution in [-0.4, -0.2) is 21.4 Å². The van der Waals surface area contributed by atoms with E-state index in [4.69, 9.17) is 8.92 Å².